The van der Waals surface area contributed by atoms with Gasteiger partial charge in [-0.25, -0.2) is 4.79 Å². The first-order chi connectivity index (χ1) is 23.3. The van der Waals surface area contributed by atoms with Crippen LogP contribution in [0.3, 0.4) is 0 Å². The van der Waals surface area contributed by atoms with Crippen molar-refractivity contribution in [3.05, 3.63) is 114 Å². The highest BCUT2D eigenvalue weighted by atomic mass is 16.6. The van der Waals surface area contributed by atoms with E-state index in [1.54, 1.807) is 72.8 Å². The zero-order chi connectivity index (χ0) is 34.3. The molecule has 0 aliphatic rings. The van der Waals surface area contributed by atoms with Gasteiger partial charge in [-0.3, -0.25) is 14.6 Å². The number of nitrogens with one attached hydrogen (secondary N) is 2. The van der Waals surface area contributed by atoms with Crippen LogP contribution in [0.15, 0.2) is 91.1 Å². The summed E-state index contributed by atoms with van der Waals surface area (Å²) >= 11 is 0. The maximum atomic E-state index is 12.9. The summed E-state index contributed by atoms with van der Waals surface area (Å²) in [6.45, 7) is 2.82. The van der Waals surface area contributed by atoms with Crippen molar-refractivity contribution in [1.29, 1.82) is 0 Å². The minimum absolute atomic E-state index is 0.0431. The van der Waals surface area contributed by atoms with Gasteiger partial charge in [-0.2, -0.15) is 0 Å². The second-order valence-corrected chi connectivity index (χ2v) is 11.1. The molecule has 0 saturated heterocycles. The number of aromatic nitrogens is 1. The van der Waals surface area contributed by atoms with Crippen molar-refractivity contribution in [1.82, 2.24) is 10.3 Å². The molecule has 0 bridgehead atoms. The van der Waals surface area contributed by atoms with Crippen molar-refractivity contribution in [2.45, 2.75) is 57.8 Å². The van der Waals surface area contributed by atoms with Crippen molar-refractivity contribution in [3.8, 4) is 17.2 Å². The second kappa shape index (κ2) is 18.1. The Kier molecular flexibility index (Phi) is 13.3. The number of pyridine rings is 1. The number of hydrogen-bond acceptors (Lipinski definition) is 8. The third-order valence-electron chi connectivity index (χ3n) is 7.49. The largest absolute Gasteiger partial charge is 0.494 e. The quantitative estimate of drug-likeness (QED) is 0.0725. The van der Waals surface area contributed by atoms with Gasteiger partial charge in [-0.05, 0) is 84.8 Å². The van der Waals surface area contributed by atoms with Crippen LogP contribution in [-0.4, -0.2) is 52.7 Å². The predicted molar refractivity (Wildman–Crippen MR) is 181 cm³/mol. The maximum absolute atomic E-state index is 12.9. The lowest BCUT2D eigenvalue weighted by Crippen LogP contribution is -2.42. The molecule has 4 rings (SSSR count). The van der Waals surface area contributed by atoms with Crippen molar-refractivity contribution >= 4 is 23.5 Å². The Hall–Kier alpha value is -5.42. The molecule has 4 aromatic rings. The first-order valence-corrected chi connectivity index (χ1v) is 15.9. The molecule has 2 atom stereocenters. The monoisotopic (exact) mass is 655 g/mol. The molecular formula is C37H41N3O8. The van der Waals surface area contributed by atoms with Gasteiger partial charge in [0.15, 0.2) is 11.5 Å². The maximum Gasteiger partial charge on any atom is 0.326 e. The molecule has 11 heteroatoms. The Balaban J connectivity index is 1.32. The lowest BCUT2D eigenvalue weighted by molar-refractivity contribution is -0.139. The molecule has 11 nitrogen and oxygen atoms in total. The average molecular weight is 656 g/mol. The fourth-order valence-corrected chi connectivity index (χ4v) is 4.82. The fourth-order valence-electron chi connectivity index (χ4n) is 4.82. The molecule has 2 amide bonds. The minimum Gasteiger partial charge on any atom is -0.494 e. The predicted octanol–water partition coefficient (Wildman–Crippen LogP) is 6.19. The van der Waals surface area contributed by atoms with Gasteiger partial charge in [0.25, 0.3) is 11.8 Å². The lowest BCUT2D eigenvalue weighted by atomic mass is 10.0. The standard InChI is InChI=1S/C37H41N3O8/c1-3-4-5-6-9-22-47-29-18-14-27(15-19-29)37(45)48-32-20-11-25(24-33(32)46-2)23-31(36(43)44)40-34(41)26-12-16-28(17-13-26)39-35(42)30-10-7-8-21-38-30/h7-8,10-21,24,31,37,45H,3-6,9,22-23H2,1-2H3,(H,39,42)(H,40,41)(H,43,44). The van der Waals surface area contributed by atoms with Gasteiger partial charge in [-0.1, -0.05) is 44.7 Å². The number of rotatable bonds is 18. The summed E-state index contributed by atoms with van der Waals surface area (Å²) in [6, 6.07) is 21.6. The van der Waals surface area contributed by atoms with Crippen LogP contribution in [0.25, 0.3) is 0 Å². The van der Waals surface area contributed by atoms with Crippen LogP contribution < -0.4 is 24.8 Å². The number of carboxylic acid groups (broad SMARTS) is 1. The zero-order valence-electron chi connectivity index (χ0n) is 27.1. The topological polar surface area (TPSA) is 156 Å². The minimum atomic E-state index is -1.28. The molecule has 0 spiro atoms. The fraction of sp³-hybridized carbons (Fsp3) is 0.297. The SMILES string of the molecule is CCCCCCCOc1ccc(C(O)Oc2ccc(CC(NC(=O)c3ccc(NC(=O)c4ccccn4)cc3)C(=O)O)cc2OC)cc1. The number of anilines is 1. The van der Waals surface area contributed by atoms with Crippen molar-refractivity contribution in [2.75, 3.05) is 19.0 Å². The van der Waals surface area contributed by atoms with E-state index >= 15 is 0 Å². The molecule has 3 aromatic carbocycles. The molecule has 0 aliphatic carbocycles. The van der Waals surface area contributed by atoms with Gasteiger partial charge < -0.3 is 35.1 Å². The van der Waals surface area contributed by atoms with Crippen LogP contribution in [0.1, 0.15) is 77.3 Å². The molecule has 4 N–H and O–H groups in total. The Bertz CT molecular complexity index is 1630. The number of hydrogen-bond donors (Lipinski definition) is 4. The van der Waals surface area contributed by atoms with Gasteiger partial charge in [0.05, 0.1) is 13.7 Å². The van der Waals surface area contributed by atoms with Gasteiger partial charge >= 0.3 is 5.97 Å². The highest BCUT2D eigenvalue weighted by molar-refractivity contribution is 6.03. The number of aliphatic hydroxyl groups is 1. The number of aliphatic carboxylic acids is 1. The second-order valence-electron chi connectivity index (χ2n) is 11.1. The number of carboxylic acids is 1. The Labute approximate surface area is 279 Å². The van der Waals surface area contributed by atoms with Crippen LogP contribution in [0.4, 0.5) is 5.69 Å². The van der Waals surface area contributed by atoms with E-state index in [0.717, 1.165) is 12.8 Å². The Morgan fingerprint density at radius 3 is 2.27 bits per heavy atom. The highest BCUT2D eigenvalue weighted by Gasteiger charge is 2.23. The smallest absolute Gasteiger partial charge is 0.326 e. The molecule has 1 heterocycles. The zero-order valence-corrected chi connectivity index (χ0v) is 27.1. The lowest BCUT2D eigenvalue weighted by Gasteiger charge is -2.19. The molecule has 0 fully saturated rings. The summed E-state index contributed by atoms with van der Waals surface area (Å²) in [5.74, 6) is -0.959. The van der Waals surface area contributed by atoms with E-state index in [2.05, 4.69) is 22.5 Å². The summed E-state index contributed by atoms with van der Waals surface area (Å²) in [5.41, 5.74) is 1.99. The van der Waals surface area contributed by atoms with Crippen molar-refractivity contribution in [2.24, 2.45) is 0 Å². The van der Waals surface area contributed by atoms with Gasteiger partial charge in [-0.15, -0.1) is 0 Å². The number of carbonyl (C=O) groups excluding carboxylic acids is 2. The first kappa shape index (κ1) is 35.4. The van der Waals surface area contributed by atoms with E-state index in [1.807, 2.05) is 0 Å². The average Bonchev–Trinajstić information content (AvgIpc) is 3.10. The van der Waals surface area contributed by atoms with Crippen LogP contribution in [0, 0.1) is 0 Å². The van der Waals surface area contributed by atoms with E-state index in [9.17, 15) is 24.6 Å². The molecule has 48 heavy (non-hydrogen) atoms. The summed E-state index contributed by atoms with van der Waals surface area (Å²) in [5, 5.41) is 25.8. The number of amides is 2. The van der Waals surface area contributed by atoms with E-state index in [4.69, 9.17) is 14.2 Å². The number of methoxy groups -OCH3 is 1. The molecule has 2 unspecified atom stereocenters. The van der Waals surface area contributed by atoms with Crippen LogP contribution >= 0.6 is 0 Å². The van der Waals surface area contributed by atoms with E-state index < -0.39 is 30.1 Å². The number of unbranched alkanes of at least 4 members (excludes halogenated alkanes) is 4. The van der Waals surface area contributed by atoms with E-state index in [1.165, 1.54) is 44.7 Å². The van der Waals surface area contributed by atoms with Gasteiger partial charge in [0.2, 0.25) is 6.29 Å². The Morgan fingerprint density at radius 1 is 0.854 bits per heavy atom. The van der Waals surface area contributed by atoms with Crippen molar-refractivity contribution < 1.29 is 38.8 Å². The first-order valence-electron chi connectivity index (χ1n) is 15.9. The van der Waals surface area contributed by atoms with Crippen LogP contribution in [0.5, 0.6) is 17.2 Å². The summed E-state index contributed by atoms with van der Waals surface area (Å²) < 4.78 is 17.0. The third kappa shape index (κ3) is 10.6. The number of aliphatic hydroxyl groups excluding tert-OH is 1. The van der Waals surface area contributed by atoms with Crippen LogP contribution in [0.2, 0.25) is 0 Å². The summed E-state index contributed by atoms with van der Waals surface area (Å²) in [4.78, 5) is 41.3. The molecular weight excluding hydrogens is 614 g/mol. The molecule has 0 aliphatic heterocycles. The number of benzene rings is 3. The van der Waals surface area contributed by atoms with Gasteiger partial charge in [0.1, 0.15) is 17.5 Å². The summed E-state index contributed by atoms with van der Waals surface area (Å²) in [6.07, 6.45) is 5.95. The number of nitrogens with zero attached hydrogens (tertiary/aromatic N) is 1. The molecule has 0 radical (unpaired) electrons. The molecule has 1 aromatic heterocycles. The highest BCUT2D eigenvalue weighted by Crippen LogP contribution is 2.32. The van der Waals surface area contributed by atoms with Crippen molar-refractivity contribution in [3.63, 3.8) is 0 Å². The number of carbonyl (C=O) groups is 3. The Morgan fingerprint density at radius 2 is 1.60 bits per heavy atom. The number of ether oxygens (including phenoxy) is 3. The third-order valence-corrected chi connectivity index (χ3v) is 7.49. The van der Waals surface area contributed by atoms with E-state index in [-0.39, 0.29) is 29.2 Å². The molecule has 0 saturated carbocycles. The molecule has 252 valence electrons. The van der Waals surface area contributed by atoms with Crippen LogP contribution in [-0.2, 0) is 11.2 Å². The van der Waals surface area contributed by atoms with E-state index in [0.29, 0.717) is 29.2 Å². The normalized spacial score (nSPS) is 12.0. The van der Waals surface area contributed by atoms with Gasteiger partial charge in [0, 0.05) is 29.4 Å². The summed E-state index contributed by atoms with van der Waals surface area (Å²) in [7, 11) is 1.44.